The lowest BCUT2D eigenvalue weighted by Crippen LogP contribution is -2.41. The van der Waals surface area contributed by atoms with Gasteiger partial charge in [0.25, 0.3) is 0 Å². The molecule has 0 bridgehead atoms. The minimum atomic E-state index is 0.198. The summed E-state index contributed by atoms with van der Waals surface area (Å²) in [5, 5.41) is 1.97. The highest BCUT2D eigenvalue weighted by Gasteiger charge is 2.29. The number of ether oxygens (including phenoxy) is 1. The van der Waals surface area contributed by atoms with Gasteiger partial charge in [-0.1, -0.05) is 32.0 Å². The van der Waals surface area contributed by atoms with Gasteiger partial charge < -0.3 is 10.5 Å². The Morgan fingerprint density at radius 2 is 2.05 bits per heavy atom. The van der Waals surface area contributed by atoms with Crippen molar-refractivity contribution in [1.29, 1.82) is 0 Å². The summed E-state index contributed by atoms with van der Waals surface area (Å²) in [5.41, 5.74) is 7.64. The molecule has 1 aromatic carbocycles. The van der Waals surface area contributed by atoms with E-state index < -0.39 is 0 Å². The van der Waals surface area contributed by atoms with Gasteiger partial charge in [0.2, 0.25) is 0 Å². The van der Waals surface area contributed by atoms with Crippen molar-refractivity contribution in [3.63, 3.8) is 0 Å². The van der Waals surface area contributed by atoms with Gasteiger partial charge in [-0.2, -0.15) is 23.5 Å². The highest BCUT2D eigenvalue weighted by molar-refractivity contribution is 8.07. The number of thioether (sulfide) groups is 2. The number of benzene rings is 1. The molecule has 0 amide bonds. The maximum absolute atomic E-state index is 6.42. The third-order valence-corrected chi connectivity index (χ3v) is 7.27. The van der Waals surface area contributed by atoms with Crippen LogP contribution in [0.1, 0.15) is 19.4 Å². The Hall–Kier alpha value is -0.320. The van der Waals surface area contributed by atoms with E-state index >= 15 is 0 Å². The molecule has 0 spiro atoms. The Balaban J connectivity index is 1.99. The van der Waals surface area contributed by atoms with Crippen molar-refractivity contribution >= 4 is 23.5 Å². The SMILES string of the molecule is COc1ccccc1CC(N)C1CSC(C)C(C)S1. The van der Waals surface area contributed by atoms with Crippen LogP contribution in [0.3, 0.4) is 0 Å². The first kappa shape index (κ1) is 15.1. The normalized spacial score (nSPS) is 28.9. The molecule has 106 valence electrons. The van der Waals surface area contributed by atoms with E-state index in [-0.39, 0.29) is 6.04 Å². The standard InChI is InChI=1S/C15H23NOS2/c1-10-11(2)19-15(9-18-10)13(16)8-12-6-4-5-7-14(12)17-3/h4-7,10-11,13,15H,8-9,16H2,1-3H3. The molecule has 4 heteroatoms. The van der Waals surface area contributed by atoms with Crippen molar-refractivity contribution in [3.05, 3.63) is 29.8 Å². The monoisotopic (exact) mass is 297 g/mol. The number of nitrogens with two attached hydrogens (primary N) is 1. The third-order valence-electron chi connectivity index (χ3n) is 3.70. The minimum Gasteiger partial charge on any atom is -0.496 e. The Morgan fingerprint density at radius 3 is 2.74 bits per heavy atom. The van der Waals surface area contributed by atoms with Crippen LogP contribution in [0.2, 0.25) is 0 Å². The lowest BCUT2D eigenvalue weighted by atomic mass is 10.0. The van der Waals surface area contributed by atoms with Crippen molar-refractivity contribution in [2.75, 3.05) is 12.9 Å². The van der Waals surface area contributed by atoms with Crippen LogP contribution in [0.4, 0.5) is 0 Å². The van der Waals surface area contributed by atoms with E-state index in [1.807, 2.05) is 23.9 Å². The van der Waals surface area contributed by atoms with E-state index in [0.29, 0.717) is 10.5 Å². The van der Waals surface area contributed by atoms with E-state index in [1.54, 1.807) is 7.11 Å². The Kier molecular flexibility index (Phi) is 5.48. The zero-order chi connectivity index (χ0) is 13.8. The Labute approximate surface area is 124 Å². The van der Waals surface area contributed by atoms with E-state index in [1.165, 1.54) is 5.56 Å². The largest absolute Gasteiger partial charge is 0.496 e. The second kappa shape index (κ2) is 6.91. The van der Waals surface area contributed by atoms with Crippen molar-refractivity contribution in [2.45, 2.75) is 42.1 Å². The molecule has 4 atom stereocenters. The average molecular weight is 297 g/mol. The van der Waals surface area contributed by atoms with Crippen molar-refractivity contribution in [3.8, 4) is 5.75 Å². The first-order valence-corrected chi connectivity index (χ1v) is 8.75. The predicted molar refractivity (Wildman–Crippen MR) is 87.4 cm³/mol. The molecular weight excluding hydrogens is 274 g/mol. The fourth-order valence-corrected chi connectivity index (χ4v) is 5.35. The fraction of sp³-hybridized carbons (Fsp3) is 0.600. The summed E-state index contributed by atoms with van der Waals surface area (Å²) in [5.74, 6) is 2.11. The van der Waals surface area contributed by atoms with E-state index in [2.05, 4.69) is 37.7 Å². The van der Waals surface area contributed by atoms with E-state index in [9.17, 15) is 0 Å². The number of rotatable bonds is 4. The van der Waals surface area contributed by atoms with Gasteiger partial charge >= 0.3 is 0 Å². The fourth-order valence-electron chi connectivity index (χ4n) is 2.29. The van der Waals surface area contributed by atoms with E-state index in [0.717, 1.165) is 23.2 Å². The maximum Gasteiger partial charge on any atom is 0.122 e. The highest BCUT2D eigenvalue weighted by atomic mass is 32.2. The molecule has 1 heterocycles. The van der Waals surface area contributed by atoms with Gasteiger partial charge in [0, 0.05) is 27.5 Å². The summed E-state index contributed by atoms with van der Waals surface area (Å²) in [6.07, 6.45) is 0.892. The smallest absolute Gasteiger partial charge is 0.122 e. The molecule has 0 aliphatic carbocycles. The molecule has 1 aliphatic rings. The third kappa shape index (κ3) is 3.83. The Morgan fingerprint density at radius 1 is 1.32 bits per heavy atom. The summed E-state index contributed by atoms with van der Waals surface area (Å²) in [4.78, 5) is 0. The van der Waals surface area contributed by atoms with Crippen LogP contribution in [0.15, 0.2) is 24.3 Å². The van der Waals surface area contributed by atoms with Crippen molar-refractivity contribution in [2.24, 2.45) is 5.73 Å². The molecule has 2 rings (SSSR count). The zero-order valence-electron chi connectivity index (χ0n) is 11.8. The summed E-state index contributed by atoms with van der Waals surface area (Å²) >= 11 is 4.10. The zero-order valence-corrected chi connectivity index (χ0v) is 13.5. The van der Waals surface area contributed by atoms with Crippen LogP contribution in [0, 0.1) is 0 Å². The molecule has 4 unspecified atom stereocenters. The van der Waals surface area contributed by atoms with Gasteiger partial charge in [-0.15, -0.1) is 0 Å². The average Bonchev–Trinajstić information content (AvgIpc) is 2.42. The van der Waals surface area contributed by atoms with Gasteiger partial charge in [0.05, 0.1) is 7.11 Å². The summed E-state index contributed by atoms with van der Waals surface area (Å²) in [7, 11) is 1.72. The summed E-state index contributed by atoms with van der Waals surface area (Å²) in [6.45, 7) is 4.62. The molecule has 0 radical (unpaired) electrons. The van der Waals surface area contributed by atoms with Crippen LogP contribution in [0.25, 0.3) is 0 Å². The summed E-state index contributed by atoms with van der Waals surface area (Å²) in [6, 6.07) is 8.38. The molecule has 0 aromatic heterocycles. The number of para-hydroxylation sites is 1. The second-order valence-electron chi connectivity index (χ2n) is 5.10. The van der Waals surface area contributed by atoms with Gasteiger partial charge in [0.15, 0.2) is 0 Å². The van der Waals surface area contributed by atoms with Gasteiger partial charge in [-0.3, -0.25) is 0 Å². The van der Waals surface area contributed by atoms with Gasteiger partial charge in [-0.05, 0) is 18.1 Å². The quantitative estimate of drug-likeness (QED) is 0.926. The van der Waals surface area contributed by atoms with Gasteiger partial charge in [0.1, 0.15) is 5.75 Å². The minimum absolute atomic E-state index is 0.198. The molecule has 1 aliphatic heterocycles. The molecule has 1 saturated heterocycles. The van der Waals surface area contributed by atoms with Crippen molar-refractivity contribution < 1.29 is 4.74 Å². The van der Waals surface area contributed by atoms with Crippen molar-refractivity contribution in [1.82, 2.24) is 0 Å². The molecule has 0 saturated carbocycles. The lowest BCUT2D eigenvalue weighted by molar-refractivity contribution is 0.408. The predicted octanol–water partition coefficient (Wildman–Crippen LogP) is 3.19. The Bertz CT molecular complexity index is 413. The topological polar surface area (TPSA) is 35.2 Å². The van der Waals surface area contributed by atoms with Crippen LogP contribution in [-0.2, 0) is 6.42 Å². The maximum atomic E-state index is 6.42. The first-order valence-electron chi connectivity index (χ1n) is 6.76. The lowest BCUT2D eigenvalue weighted by Gasteiger charge is -2.34. The summed E-state index contributed by atoms with van der Waals surface area (Å²) < 4.78 is 5.40. The molecule has 1 aromatic rings. The molecule has 2 nitrogen and oxygen atoms in total. The first-order chi connectivity index (χ1) is 9.11. The molecular formula is C15H23NOS2. The highest BCUT2D eigenvalue weighted by Crippen LogP contribution is 2.37. The van der Waals surface area contributed by atoms with Crippen LogP contribution >= 0.6 is 23.5 Å². The number of hydrogen-bond acceptors (Lipinski definition) is 4. The van der Waals surface area contributed by atoms with Crippen LogP contribution in [0.5, 0.6) is 5.75 Å². The molecule has 1 fully saturated rings. The van der Waals surface area contributed by atoms with Crippen LogP contribution in [-0.4, -0.2) is 34.7 Å². The van der Waals surface area contributed by atoms with E-state index in [4.69, 9.17) is 10.5 Å². The number of hydrogen-bond donors (Lipinski definition) is 1. The molecule has 2 N–H and O–H groups in total. The second-order valence-corrected chi connectivity index (χ2v) is 8.13. The molecule has 19 heavy (non-hydrogen) atoms. The number of methoxy groups -OCH3 is 1. The van der Waals surface area contributed by atoms with Gasteiger partial charge in [-0.25, -0.2) is 0 Å². The van der Waals surface area contributed by atoms with Crippen LogP contribution < -0.4 is 10.5 Å².